The maximum absolute atomic E-state index is 12.3. The number of carboxylic acids is 1. The Kier molecular flexibility index (Phi) is 5.84. The molecule has 0 radical (unpaired) electrons. The summed E-state index contributed by atoms with van der Waals surface area (Å²) in [6.45, 7) is 0.253. The summed E-state index contributed by atoms with van der Waals surface area (Å²) in [6.07, 6.45) is 0. The fraction of sp³-hybridized carbons (Fsp3) is 0.471. The lowest BCUT2D eigenvalue weighted by atomic mass is 9.89. The molecule has 1 saturated heterocycles. The van der Waals surface area contributed by atoms with Crippen LogP contribution >= 0.6 is 0 Å². The molecule has 0 unspecified atom stereocenters. The van der Waals surface area contributed by atoms with Crippen LogP contribution in [-0.4, -0.2) is 73.7 Å². The van der Waals surface area contributed by atoms with E-state index in [0.717, 1.165) is 5.56 Å². The van der Waals surface area contributed by atoms with Gasteiger partial charge in [0.15, 0.2) is 0 Å². The number of likely N-dealkylation sites (tertiary alicyclic amines) is 1. The van der Waals surface area contributed by atoms with Gasteiger partial charge in [0.1, 0.15) is 5.75 Å². The second-order valence-electron chi connectivity index (χ2n) is 6.18. The average molecular weight is 349 g/mol. The maximum atomic E-state index is 12.3. The SMILES string of the molecule is COc1cccc([C@H]2CN(C(=O)CNC(=O)N(C)C)C[C@@H]2C(=O)O)c1. The largest absolute Gasteiger partial charge is 0.497 e. The number of methoxy groups -OCH3 is 1. The lowest BCUT2D eigenvalue weighted by Gasteiger charge is -2.18. The van der Waals surface area contributed by atoms with Crippen LogP contribution < -0.4 is 10.1 Å². The van der Waals surface area contributed by atoms with Gasteiger partial charge in [-0.1, -0.05) is 12.1 Å². The van der Waals surface area contributed by atoms with Gasteiger partial charge in [-0.05, 0) is 17.7 Å². The molecule has 1 aliphatic heterocycles. The monoisotopic (exact) mass is 349 g/mol. The van der Waals surface area contributed by atoms with Gasteiger partial charge in [-0.25, -0.2) is 4.79 Å². The molecule has 1 heterocycles. The molecule has 0 aromatic heterocycles. The Morgan fingerprint density at radius 1 is 1.32 bits per heavy atom. The molecule has 0 aliphatic carbocycles. The number of rotatable bonds is 5. The van der Waals surface area contributed by atoms with E-state index in [-0.39, 0.29) is 30.9 Å². The van der Waals surface area contributed by atoms with Crippen molar-refractivity contribution >= 4 is 17.9 Å². The van der Waals surface area contributed by atoms with Crippen LogP contribution in [0.3, 0.4) is 0 Å². The summed E-state index contributed by atoms with van der Waals surface area (Å²) in [6, 6.07) is 6.85. The van der Waals surface area contributed by atoms with Crippen LogP contribution in [0.5, 0.6) is 5.75 Å². The number of benzene rings is 1. The lowest BCUT2D eigenvalue weighted by Crippen LogP contribution is -2.42. The van der Waals surface area contributed by atoms with Crippen molar-refractivity contribution in [3.05, 3.63) is 29.8 Å². The number of ether oxygens (including phenoxy) is 1. The van der Waals surface area contributed by atoms with Crippen LogP contribution in [0.15, 0.2) is 24.3 Å². The van der Waals surface area contributed by atoms with Crippen molar-refractivity contribution in [3.8, 4) is 5.75 Å². The highest BCUT2D eigenvalue weighted by atomic mass is 16.5. The van der Waals surface area contributed by atoms with Gasteiger partial charge in [0.2, 0.25) is 5.91 Å². The lowest BCUT2D eigenvalue weighted by molar-refractivity contribution is -0.141. The van der Waals surface area contributed by atoms with Gasteiger partial charge < -0.3 is 25.0 Å². The van der Waals surface area contributed by atoms with Crippen LogP contribution in [0.25, 0.3) is 0 Å². The van der Waals surface area contributed by atoms with Crippen molar-refractivity contribution < 1.29 is 24.2 Å². The zero-order valence-corrected chi connectivity index (χ0v) is 14.6. The summed E-state index contributed by atoms with van der Waals surface area (Å²) < 4.78 is 5.19. The molecule has 2 N–H and O–H groups in total. The number of aliphatic carboxylic acids is 1. The molecule has 2 atom stereocenters. The molecule has 1 aromatic carbocycles. The number of nitrogens with zero attached hydrogens (tertiary/aromatic N) is 2. The molecule has 1 aromatic rings. The van der Waals surface area contributed by atoms with Gasteiger partial charge in [0, 0.05) is 33.1 Å². The van der Waals surface area contributed by atoms with E-state index in [4.69, 9.17) is 4.74 Å². The van der Waals surface area contributed by atoms with Gasteiger partial charge in [0.05, 0.1) is 19.6 Å². The zero-order valence-electron chi connectivity index (χ0n) is 14.6. The Morgan fingerprint density at radius 2 is 2.04 bits per heavy atom. The van der Waals surface area contributed by atoms with Crippen molar-refractivity contribution in [1.82, 2.24) is 15.1 Å². The molecular formula is C17H23N3O5. The third kappa shape index (κ3) is 4.40. The number of hydrogen-bond acceptors (Lipinski definition) is 4. The number of carbonyl (C=O) groups excluding carboxylic acids is 2. The predicted molar refractivity (Wildman–Crippen MR) is 90.5 cm³/mol. The van der Waals surface area contributed by atoms with Gasteiger partial charge in [0.25, 0.3) is 0 Å². The van der Waals surface area contributed by atoms with Crippen LogP contribution in [-0.2, 0) is 9.59 Å². The molecule has 136 valence electrons. The van der Waals surface area contributed by atoms with E-state index in [9.17, 15) is 19.5 Å². The van der Waals surface area contributed by atoms with E-state index in [2.05, 4.69) is 5.32 Å². The minimum absolute atomic E-state index is 0.119. The summed E-state index contributed by atoms with van der Waals surface area (Å²) in [5.74, 6) is -1.61. The second-order valence-corrected chi connectivity index (χ2v) is 6.18. The average Bonchev–Trinajstić information content (AvgIpc) is 3.05. The van der Waals surface area contributed by atoms with E-state index in [1.165, 1.54) is 9.80 Å². The molecule has 1 fully saturated rings. The van der Waals surface area contributed by atoms with Gasteiger partial charge >= 0.3 is 12.0 Å². The van der Waals surface area contributed by atoms with E-state index in [1.54, 1.807) is 39.4 Å². The summed E-state index contributed by atoms with van der Waals surface area (Å²) in [4.78, 5) is 38.3. The highest BCUT2D eigenvalue weighted by molar-refractivity contribution is 5.85. The summed E-state index contributed by atoms with van der Waals surface area (Å²) in [5, 5.41) is 12.0. The fourth-order valence-corrected chi connectivity index (χ4v) is 2.89. The first kappa shape index (κ1) is 18.6. The number of carbonyl (C=O) groups is 3. The predicted octanol–water partition coefficient (Wildman–Crippen LogP) is 0.593. The zero-order chi connectivity index (χ0) is 18.6. The summed E-state index contributed by atoms with van der Waals surface area (Å²) in [5.41, 5.74) is 0.819. The highest BCUT2D eigenvalue weighted by Gasteiger charge is 2.40. The van der Waals surface area contributed by atoms with Crippen molar-refractivity contribution in [2.75, 3.05) is 40.8 Å². The third-order valence-corrected chi connectivity index (χ3v) is 4.31. The minimum Gasteiger partial charge on any atom is -0.497 e. The van der Waals surface area contributed by atoms with E-state index >= 15 is 0 Å². The first-order valence-electron chi connectivity index (χ1n) is 7.93. The van der Waals surface area contributed by atoms with Gasteiger partial charge in [-0.15, -0.1) is 0 Å². The first-order valence-corrected chi connectivity index (χ1v) is 7.93. The number of nitrogens with one attached hydrogen (secondary N) is 1. The maximum Gasteiger partial charge on any atom is 0.317 e. The minimum atomic E-state index is -0.944. The van der Waals surface area contributed by atoms with Crippen LogP contribution in [0.4, 0.5) is 4.79 Å². The number of carboxylic acid groups (broad SMARTS) is 1. The van der Waals surface area contributed by atoms with Crippen molar-refractivity contribution in [1.29, 1.82) is 0 Å². The van der Waals surface area contributed by atoms with E-state index in [0.29, 0.717) is 12.3 Å². The molecule has 3 amide bonds. The van der Waals surface area contributed by atoms with Crippen LogP contribution in [0, 0.1) is 5.92 Å². The molecule has 8 nitrogen and oxygen atoms in total. The third-order valence-electron chi connectivity index (χ3n) is 4.31. The second kappa shape index (κ2) is 7.87. The Bertz CT molecular complexity index is 661. The van der Waals surface area contributed by atoms with Crippen LogP contribution in [0.1, 0.15) is 11.5 Å². The molecule has 1 aliphatic rings. The van der Waals surface area contributed by atoms with E-state index < -0.39 is 11.9 Å². The van der Waals surface area contributed by atoms with E-state index in [1.807, 2.05) is 6.07 Å². The normalized spacial score (nSPS) is 19.4. The topological polar surface area (TPSA) is 99.2 Å². The van der Waals surface area contributed by atoms with Crippen molar-refractivity contribution in [2.24, 2.45) is 5.92 Å². The molecule has 0 bridgehead atoms. The standard InChI is InChI=1S/C17H23N3O5/c1-19(2)17(24)18-8-15(21)20-9-13(14(10-20)16(22)23)11-5-4-6-12(7-11)25-3/h4-7,13-14H,8-10H2,1-3H3,(H,18,24)(H,22,23)/t13-,14+/m1/s1. The molecule has 0 saturated carbocycles. The summed E-state index contributed by atoms with van der Waals surface area (Å²) >= 11 is 0. The highest BCUT2D eigenvalue weighted by Crippen LogP contribution is 2.34. The Hall–Kier alpha value is -2.77. The molecule has 2 rings (SSSR count). The van der Waals surface area contributed by atoms with Crippen molar-refractivity contribution in [3.63, 3.8) is 0 Å². The van der Waals surface area contributed by atoms with Gasteiger partial charge in [-0.3, -0.25) is 9.59 Å². The number of hydrogen-bond donors (Lipinski definition) is 2. The van der Waals surface area contributed by atoms with Gasteiger partial charge in [-0.2, -0.15) is 0 Å². The molecular weight excluding hydrogens is 326 g/mol. The molecule has 8 heteroatoms. The van der Waals surface area contributed by atoms with Crippen molar-refractivity contribution in [2.45, 2.75) is 5.92 Å². The van der Waals surface area contributed by atoms with Crippen LogP contribution in [0.2, 0.25) is 0 Å². The molecule has 25 heavy (non-hydrogen) atoms. The molecule has 0 spiro atoms. The Labute approximate surface area is 146 Å². The number of amides is 3. The fourth-order valence-electron chi connectivity index (χ4n) is 2.89. The quantitative estimate of drug-likeness (QED) is 0.811. The first-order chi connectivity index (χ1) is 11.8. The Morgan fingerprint density at radius 3 is 2.64 bits per heavy atom. The Balaban J connectivity index is 2.10. The number of urea groups is 1. The summed E-state index contributed by atoms with van der Waals surface area (Å²) in [7, 11) is 4.70. The smallest absolute Gasteiger partial charge is 0.317 e.